The molecule has 2 aliphatic heterocycles. The van der Waals surface area contributed by atoms with Crippen LogP contribution >= 0.6 is 0 Å². The van der Waals surface area contributed by atoms with E-state index in [1.54, 1.807) is 0 Å². The number of amides is 1. The Hall–Kier alpha value is -1.06. The topological polar surface area (TPSA) is 55.4 Å². The molecule has 1 N–H and O–H groups in total. The van der Waals surface area contributed by atoms with Crippen molar-refractivity contribution in [2.75, 3.05) is 0 Å². The van der Waals surface area contributed by atoms with Gasteiger partial charge in [-0.1, -0.05) is 0 Å². The van der Waals surface area contributed by atoms with Crippen molar-refractivity contribution < 1.29 is 14.3 Å². The third kappa shape index (κ3) is 1.29. The number of carbonyl (C=O) groups is 2. The molecule has 2 atom stereocenters. The van der Waals surface area contributed by atoms with E-state index >= 15 is 0 Å². The highest BCUT2D eigenvalue weighted by atomic mass is 16.5. The van der Waals surface area contributed by atoms with Gasteiger partial charge in [-0.15, -0.1) is 0 Å². The largest absolute Gasteiger partial charge is 0.460 e. The van der Waals surface area contributed by atoms with Crippen molar-refractivity contribution >= 4 is 11.9 Å². The third-order valence-corrected chi connectivity index (χ3v) is 2.39. The molecular formula is C8H11NO3. The van der Waals surface area contributed by atoms with Gasteiger partial charge in [0.05, 0.1) is 6.04 Å². The fraction of sp³-hybridized carbons (Fsp3) is 0.750. The molecule has 2 saturated heterocycles. The van der Waals surface area contributed by atoms with E-state index in [-0.39, 0.29) is 24.0 Å². The molecule has 0 aromatic carbocycles. The first-order valence-corrected chi connectivity index (χ1v) is 4.24. The Labute approximate surface area is 70.3 Å². The Morgan fingerprint density at radius 2 is 2.08 bits per heavy atom. The molecule has 0 aromatic rings. The molecule has 2 rings (SSSR count). The molecule has 0 aromatic heterocycles. The summed E-state index contributed by atoms with van der Waals surface area (Å²) in [6.07, 6.45) is 2.26. The number of nitrogens with one attached hydrogen (secondary N) is 1. The van der Waals surface area contributed by atoms with E-state index in [0.717, 1.165) is 6.42 Å². The summed E-state index contributed by atoms with van der Waals surface area (Å²) in [5, 5.41) is 2.82. The second-order valence-electron chi connectivity index (χ2n) is 3.28. The number of hydrogen-bond acceptors (Lipinski definition) is 3. The van der Waals surface area contributed by atoms with Gasteiger partial charge in [-0.05, 0) is 12.8 Å². The Balaban J connectivity index is 2.02. The summed E-state index contributed by atoms with van der Waals surface area (Å²) >= 11 is 0. The van der Waals surface area contributed by atoms with Gasteiger partial charge < -0.3 is 10.1 Å². The van der Waals surface area contributed by atoms with Gasteiger partial charge in [0, 0.05) is 12.8 Å². The van der Waals surface area contributed by atoms with Crippen LogP contribution < -0.4 is 5.32 Å². The van der Waals surface area contributed by atoms with Gasteiger partial charge in [0.1, 0.15) is 6.10 Å². The molecule has 1 amide bonds. The second-order valence-corrected chi connectivity index (χ2v) is 3.28. The Kier molecular flexibility index (Phi) is 1.75. The summed E-state index contributed by atoms with van der Waals surface area (Å²) in [6.45, 7) is 0. The summed E-state index contributed by atoms with van der Waals surface area (Å²) < 4.78 is 5.08. The monoisotopic (exact) mass is 169 g/mol. The SMILES string of the molecule is O=C1CCC2OC(=O)CCC2N1. The molecule has 4 nitrogen and oxygen atoms in total. The van der Waals surface area contributed by atoms with Gasteiger partial charge in [-0.25, -0.2) is 0 Å². The number of esters is 1. The molecule has 66 valence electrons. The van der Waals surface area contributed by atoms with E-state index in [4.69, 9.17) is 4.74 Å². The highest BCUT2D eigenvalue weighted by Gasteiger charge is 2.34. The third-order valence-electron chi connectivity index (χ3n) is 2.39. The zero-order chi connectivity index (χ0) is 8.55. The summed E-state index contributed by atoms with van der Waals surface area (Å²) in [6, 6.07) is 0.0731. The normalized spacial score (nSPS) is 35.0. The minimum atomic E-state index is -0.132. The lowest BCUT2D eigenvalue weighted by molar-refractivity contribution is -0.160. The van der Waals surface area contributed by atoms with Crippen molar-refractivity contribution in [3.63, 3.8) is 0 Å². The van der Waals surface area contributed by atoms with Crippen molar-refractivity contribution in [1.29, 1.82) is 0 Å². The van der Waals surface area contributed by atoms with Crippen LogP contribution in [0.3, 0.4) is 0 Å². The number of fused-ring (bicyclic) bond motifs is 1. The van der Waals surface area contributed by atoms with Crippen molar-refractivity contribution in [2.45, 2.75) is 37.8 Å². The molecule has 12 heavy (non-hydrogen) atoms. The lowest BCUT2D eigenvalue weighted by Gasteiger charge is -2.34. The number of ether oxygens (including phenoxy) is 1. The predicted octanol–water partition coefficient (Wildman–Crippen LogP) is -0.0294. The van der Waals surface area contributed by atoms with Crippen molar-refractivity contribution in [1.82, 2.24) is 5.32 Å². The molecule has 2 fully saturated rings. The second kappa shape index (κ2) is 2.77. The van der Waals surface area contributed by atoms with E-state index in [0.29, 0.717) is 19.3 Å². The molecule has 4 heteroatoms. The maximum atomic E-state index is 10.9. The smallest absolute Gasteiger partial charge is 0.306 e. The van der Waals surface area contributed by atoms with E-state index in [1.807, 2.05) is 0 Å². The molecule has 2 heterocycles. The van der Waals surface area contributed by atoms with E-state index in [2.05, 4.69) is 5.32 Å². The van der Waals surface area contributed by atoms with Crippen LogP contribution in [0.4, 0.5) is 0 Å². The zero-order valence-electron chi connectivity index (χ0n) is 6.71. The summed E-state index contributed by atoms with van der Waals surface area (Å²) in [7, 11) is 0. The van der Waals surface area contributed by atoms with Crippen LogP contribution in [-0.2, 0) is 14.3 Å². The van der Waals surface area contributed by atoms with Crippen LogP contribution in [-0.4, -0.2) is 24.0 Å². The Morgan fingerprint density at radius 1 is 1.25 bits per heavy atom. The molecule has 0 saturated carbocycles. The average Bonchev–Trinajstić information content (AvgIpc) is 2.05. The molecule has 0 radical (unpaired) electrons. The molecule has 0 aliphatic carbocycles. The Morgan fingerprint density at radius 3 is 2.92 bits per heavy atom. The van der Waals surface area contributed by atoms with Gasteiger partial charge in [0.25, 0.3) is 0 Å². The van der Waals surface area contributed by atoms with Crippen LogP contribution in [0.25, 0.3) is 0 Å². The van der Waals surface area contributed by atoms with Crippen molar-refractivity contribution in [3.8, 4) is 0 Å². The van der Waals surface area contributed by atoms with Gasteiger partial charge in [-0.2, -0.15) is 0 Å². The quantitative estimate of drug-likeness (QED) is 0.518. The fourth-order valence-electron chi connectivity index (χ4n) is 1.75. The van der Waals surface area contributed by atoms with Gasteiger partial charge in [0.2, 0.25) is 5.91 Å². The lowest BCUT2D eigenvalue weighted by Crippen LogP contribution is -2.52. The first-order chi connectivity index (χ1) is 5.75. The number of rotatable bonds is 0. The zero-order valence-corrected chi connectivity index (χ0v) is 6.71. The number of carbonyl (C=O) groups excluding carboxylic acids is 2. The van der Waals surface area contributed by atoms with Gasteiger partial charge in [-0.3, -0.25) is 9.59 Å². The van der Waals surface area contributed by atoms with Crippen molar-refractivity contribution in [2.24, 2.45) is 0 Å². The first kappa shape index (κ1) is 7.58. The Bertz CT molecular complexity index is 202. The van der Waals surface area contributed by atoms with Crippen LogP contribution in [0.5, 0.6) is 0 Å². The summed E-state index contributed by atoms with van der Waals surface area (Å²) in [4.78, 5) is 21.8. The van der Waals surface area contributed by atoms with E-state index in [1.165, 1.54) is 0 Å². The highest BCUT2D eigenvalue weighted by molar-refractivity contribution is 5.78. The van der Waals surface area contributed by atoms with Crippen LogP contribution in [0, 0.1) is 0 Å². The standard InChI is InChI=1S/C8H11NO3/c10-7-3-2-6-5(9-7)1-4-8(11)12-6/h5-6H,1-4H2,(H,9,10). The molecule has 2 unspecified atom stereocenters. The maximum absolute atomic E-state index is 10.9. The van der Waals surface area contributed by atoms with Crippen molar-refractivity contribution in [3.05, 3.63) is 0 Å². The minimum absolute atomic E-state index is 0.0658. The van der Waals surface area contributed by atoms with Crippen LogP contribution in [0.15, 0.2) is 0 Å². The van der Waals surface area contributed by atoms with Crippen LogP contribution in [0.1, 0.15) is 25.7 Å². The van der Waals surface area contributed by atoms with Gasteiger partial charge in [0.15, 0.2) is 0 Å². The van der Waals surface area contributed by atoms with E-state index in [9.17, 15) is 9.59 Å². The molecule has 0 bridgehead atoms. The average molecular weight is 169 g/mol. The minimum Gasteiger partial charge on any atom is -0.460 e. The molecule has 0 spiro atoms. The maximum Gasteiger partial charge on any atom is 0.306 e. The summed E-state index contributed by atoms with van der Waals surface area (Å²) in [5.41, 5.74) is 0. The highest BCUT2D eigenvalue weighted by Crippen LogP contribution is 2.22. The number of piperidine rings is 1. The fourth-order valence-corrected chi connectivity index (χ4v) is 1.75. The molecular weight excluding hydrogens is 158 g/mol. The molecule has 2 aliphatic rings. The summed E-state index contributed by atoms with van der Waals surface area (Å²) in [5.74, 6) is -0.0541. The van der Waals surface area contributed by atoms with Crippen LogP contribution in [0.2, 0.25) is 0 Å². The number of hydrogen-bond donors (Lipinski definition) is 1. The predicted molar refractivity (Wildman–Crippen MR) is 40.3 cm³/mol. The lowest BCUT2D eigenvalue weighted by atomic mass is 9.94. The van der Waals surface area contributed by atoms with E-state index < -0.39 is 0 Å². The first-order valence-electron chi connectivity index (χ1n) is 4.24. The van der Waals surface area contributed by atoms with Gasteiger partial charge >= 0.3 is 5.97 Å².